The van der Waals surface area contributed by atoms with E-state index in [2.05, 4.69) is 5.32 Å². The van der Waals surface area contributed by atoms with Gasteiger partial charge < -0.3 is 14.8 Å². The summed E-state index contributed by atoms with van der Waals surface area (Å²) in [5, 5.41) is 13.6. The molecule has 1 amide bonds. The van der Waals surface area contributed by atoms with Gasteiger partial charge in [0.25, 0.3) is 11.6 Å². The molecule has 0 heterocycles. The van der Waals surface area contributed by atoms with Crippen LogP contribution in [0.1, 0.15) is 15.9 Å². The first-order valence-corrected chi connectivity index (χ1v) is 9.59. The number of aryl methyl sites for hydroxylation is 1. The maximum Gasteiger partial charge on any atom is 0.338 e. The molecule has 28 heavy (non-hydrogen) atoms. The van der Waals surface area contributed by atoms with E-state index in [1.807, 2.05) is 31.2 Å². The van der Waals surface area contributed by atoms with Crippen LogP contribution >= 0.6 is 11.8 Å². The highest BCUT2D eigenvalue weighted by Gasteiger charge is 2.18. The fraction of sp³-hybridized carbons (Fsp3) is 0.263. The lowest BCUT2D eigenvalue weighted by molar-refractivity contribution is -0.387. The van der Waals surface area contributed by atoms with Gasteiger partial charge in [-0.25, -0.2) is 4.79 Å². The molecule has 1 N–H and O–H groups in total. The Morgan fingerprint density at radius 1 is 1.21 bits per heavy atom. The molecule has 0 atom stereocenters. The van der Waals surface area contributed by atoms with Crippen LogP contribution in [0.3, 0.4) is 0 Å². The van der Waals surface area contributed by atoms with Gasteiger partial charge in [-0.1, -0.05) is 12.1 Å². The van der Waals surface area contributed by atoms with Crippen molar-refractivity contribution < 1.29 is 24.0 Å². The summed E-state index contributed by atoms with van der Waals surface area (Å²) in [4.78, 5) is 34.7. The van der Waals surface area contributed by atoms with Crippen LogP contribution in [0, 0.1) is 17.0 Å². The third kappa shape index (κ3) is 6.27. The fourth-order valence-corrected chi connectivity index (χ4v) is 2.84. The van der Waals surface area contributed by atoms with E-state index >= 15 is 0 Å². The Morgan fingerprint density at radius 2 is 2.00 bits per heavy atom. The molecular weight excluding hydrogens is 384 g/mol. The van der Waals surface area contributed by atoms with Crippen LogP contribution in [-0.2, 0) is 9.53 Å². The second-order valence-electron chi connectivity index (χ2n) is 5.73. The topological polar surface area (TPSA) is 108 Å². The van der Waals surface area contributed by atoms with E-state index in [-0.39, 0.29) is 24.4 Å². The lowest BCUT2D eigenvalue weighted by Crippen LogP contribution is -2.32. The molecule has 0 aliphatic heterocycles. The van der Waals surface area contributed by atoms with Crippen molar-refractivity contribution in [1.29, 1.82) is 0 Å². The highest BCUT2D eigenvalue weighted by atomic mass is 32.2. The van der Waals surface area contributed by atoms with E-state index < -0.39 is 23.4 Å². The van der Waals surface area contributed by atoms with Crippen LogP contribution in [0.4, 0.5) is 5.69 Å². The first-order chi connectivity index (χ1) is 13.4. The first-order valence-electron chi connectivity index (χ1n) is 8.36. The minimum Gasteiger partial charge on any atom is -0.492 e. The molecule has 0 aromatic heterocycles. The monoisotopic (exact) mass is 404 g/mol. The largest absolute Gasteiger partial charge is 0.492 e. The number of carbonyl (C=O) groups excluding carboxylic acids is 2. The Bertz CT molecular complexity index is 871. The summed E-state index contributed by atoms with van der Waals surface area (Å²) >= 11 is 1.20. The smallest absolute Gasteiger partial charge is 0.338 e. The predicted molar refractivity (Wildman–Crippen MR) is 105 cm³/mol. The quantitative estimate of drug-likeness (QED) is 0.225. The minimum atomic E-state index is -0.804. The van der Waals surface area contributed by atoms with Gasteiger partial charge in [-0.15, -0.1) is 11.8 Å². The zero-order valence-corrected chi connectivity index (χ0v) is 16.3. The molecule has 0 aliphatic carbocycles. The van der Waals surface area contributed by atoms with Gasteiger partial charge in [0, 0.05) is 6.07 Å². The number of ether oxygens (including phenoxy) is 2. The lowest BCUT2D eigenvalue weighted by Gasteiger charge is -2.09. The van der Waals surface area contributed by atoms with E-state index in [1.165, 1.54) is 23.9 Å². The fourth-order valence-electron chi connectivity index (χ4n) is 2.29. The Kier molecular flexibility index (Phi) is 7.82. The van der Waals surface area contributed by atoms with Crippen molar-refractivity contribution in [2.45, 2.75) is 11.8 Å². The average molecular weight is 404 g/mol. The van der Waals surface area contributed by atoms with Crippen molar-refractivity contribution in [3.8, 4) is 5.75 Å². The number of benzene rings is 2. The Hall–Kier alpha value is -3.07. The molecule has 2 rings (SSSR count). The number of nitro groups is 1. The van der Waals surface area contributed by atoms with Gasteiger partial charge in [0.2, 0.25) is 0 Å². The molecule has 0 saturated carbocycles. The van der Waals surface area contributed by atoms with Crippen molar-refractivity contribution in [3.05, 3.63) is 63.7 Å². The van der Waals surface area contributed by atoms with E-state index in [9.17, 15) is 19.7 Å². The zero-order chi connectivity index (χ0) is 20.5. The number of esters is 1. The molecule has 2 aromatic rings. The molecule has 0 radical (unpaired) electrons. The minimum absolute atomic E-state index is 0.0140. The van der Waals surface area contributed by atoms with Gasteiger partial charge in [-0.3, -0.25) is 14.9 Å². The predicted octanol–water partition coefficient (Wildman–Crippen LogP) is 2.98. The number of carbonyl (C=O) groups is 2. The Balaban J connectivity index is 1.77. The van der Waals surface area contributed by atoms with Crippen LogP contribution in [0.25, 0.3) is 0 Å². The molecule has 0 unspecified atom stereocenters. The van der Waals surface area contributed by atoms with Crippen molar-refractivity contribution in [3.63, 3.8) is 0 Å². The number of nitro benzene ring substituents is 1. The van der Waals surface area contributed by atoms with Gasteiger partial charge in [-0.2, -0.15) is 0 Å². The highest BCUT2D eigenvalue weighted by molar-refractivity contribution is 7.98. The average Bonchev–Trinajstić information content (AvgIpc) is 2.68. The number of hydrogen-bond acceptors (Lipinski definition) is 7. The SMILES string of the molecule is CSc1ccc(C(=O)OCC(=O)NCCOc2cccc(C)c2)cc1[N+](=O)[O-]. The third-order valence-corrected chi connectivity index (χ3v) is 4.41. The summed E-state index contributed by atoms with van der Waals surface area (Å²) in [5.41, 5.74) is 0.902. The van der Waals surface area contributed by atoms with Crippen molar-refractivity contribution >= 4 is 29.3 Å². The van der Waals surface area contributed by atoms with E-state index in [0.717, 1.165) is 11.6 Å². The zero-order valence-electron chi connectivity index (χ0n) is 15.5. The molecule has 9 heteroatoms. The van der Waals surface area contributed by atoms with Gasteiger partial charge in [-0.05, 0) is 43.0 Å². The molecule has 2 aromatic carbocycles. The molecule has 0 saturated heterocycles. The van der Waals surface area contributed by atoms with Crippen LogP contribution < -0.4 is 10.1 Å². The highest BCUT2D eigenvalue weighted by Crippen LogP contribution is 2.28. The van der Waals surface area contributed by atoms with Gasteiger partial charge in [0.05, 0.1) is 21.9 Å². The van der Waals surface area contributed by atoms with Crippen LogP contribution in [0.15, 0.2) is 47.4 Å². The summed E-state index contributed by atoms with van der Waals surface area (Å²) in [6.07, 6.45) is 1.70. The second kappa shape index (κ2) is 10.3. The van der Waals surface area contributed by atoms with Gasteiger partial charge >= 0.3 is 5.97 Å². The molecular formula is C19H20N2O6S. The molecule has 0 spiro atoms. The normalized spacial score (nSPS) is 10.2. The van der Waals surface area contributed by atoms with Gasteiger partial charge in [0.1, 0.15) is 12.4 Å². The molecule has 0 aliphatic rings. The number of nitrogens with zero attached hydrogens (tertiary/aromatic N) is 1. The number of thioether (sulfide) groups is 1. The number of amides is 1. The second-order valence-corrected chi connectivity index (χ2v) is 6.58. The Morgan fingerprint density at radius 3 is 2.68 bits per heavy atom. The van der Waals surface area contributed by atoms with Crippen molar-refractivity contribution in [2.75, 3.05) is 26.0 Å². The first kappa shape index (κ1) is 21.2. The molecule has 148 valence electrons. The summed E-state index contributed by atoms with van der Waals surface area (Å²) in [6.45, 7) is 1.98. The van der Waals surface area contributed by atoms with Crippen molar-refractivity contribution in [1.82, 2.24) is 5.32 Å². The van der Waals surface area contributed by atoms with E-state index in [1.54, 1.807) is 6.26 Å². The molecule has 0 bridgehead atoms. The molecule has 0 fully saturated rings. The molecule has 8 nitrogen and oxygen atoms in total. The van der Waals surface area contributed by atoms with E-state index in [0.29, 0.717) is 10.6 Å². The Labute approximate surface area is 166 Å². The summed E-state index contributed by atoms with van der Waals surface area (Å²) < 4.78 is 10.4. The summed E-state index contributed by atoms with van der Waals surface area (Å²) in [6, 6.07) is 11.6. The third-order valence-electron chi connectivity index (χ3n) is 3.63. The maximum absolute atomic E-state index is 12.0. The van der Waals surface area contributed by atoms with Crippen LogP contribution in [0.5, 0.6) is 5.75 Å². The van der Waals surface area contributed by atoms with Crippen molar-refractivity contribution in [2.24, 2.45) is 0 Å². The number of rotatable bonds is 9. The maximum atomic E-state index is 12.0. The van der Waals surface area contributed by atoms with Crippen LogP contribution in [-0.4, -0.2) is 42.8 Å². The summed E-state index contributed by atoms with van der Waals surface area (Å²) in [5.74, 6) is -0.589. The van der Waals surface area contributed by atoms with Gasteiger partial charge in [0.15, 0.2) is 6.61 Å². The number of nitrogens with one attached hydrogen (secondary N) is 1. The van der Waals surface area contributed by atoms with Crippen LogP contribution in [0.2, 0.25) is 0 Å². The lowest BCUT2D eigenvalue weighted by atomic mass is 10.2. The standard InChI is InChI=1S/C19H20N2O6S/c1-13-4-3-5-15(10-13)26-9-8-20-18(22)12-27-19(23)14-6-7-17(28-2)16(11-14)21(24)25/h3-7,10-11H,8-9,12H2,1-2H3,(H,20,22). The van der Waals surface area contributed by atoms with E-state index in [4.69, 9.17) is 9.47 Å². The number of hydrogen-bond donors (Lipinski definition) is 1. The summed E-state index contributed by atoms with van der Waals surface area (Å²) in [7, 11) is 0.